The van der Waals surface area contributed by atoms with E-state index in [4.69, 9.17) is 5.11 Å². The summed E-state index contributed by atoms with van der Waals surface area (Å²) in [7, 11) is 0. The third kappa shape index (κ3) is 1.36. The number of aromatic carboxylic acids is 1. The average Bonchev–Trinajstić information content (AvgIpc) is 2.48. The zero-order valence-corrected chi connectivity index (χ0v) is 9.28. The molecule has 0 spiro atoms. The maximum Gasteiger partial charge on any atom is 0.336 e. The van der Waals surface area contributed by atoms with Gasteiger partial charge in [0.1, 0.15) is 0 Å². The van der Waals surface area contributed by atoms with Gasteiger partial charge >= 0.3 is 5.97 Å². The van der Waals surface area contributed by atoms with Crippen molar-refractivity contribution >= 4 is 17.3 Å². The van der Waals surface area contributed by atoms with Gasteiger partial charge in [-0.15, -0.1) is 11.3 Å². The Morgan fingerprint density at radius 3 is 2.93 bits per heavy atom. The van der Waals surface area contributed by atoms with Gasteiger partial charge in [0, 0.05) is 10.3 Å². The molecule has 1 aromatic rings. The number of fused-ring (bicyclic) bond motifs is 1. The summed E-state index contributed by atoms with van der Waals surface area (Å²) in [5.41, 5.74) is 1.65. The molecule has 14 heavy (non-hydrogen) atoms. The van der Waals surface area contributed by atoms with Crippen molar-refractivity contribution in [3.05, 3.63) is 21.4 Å². The van der Waals surface area contributed by atoms with E-state index in [0.29, 0.717) is 5.56 Å². The zero-order valence-electron chi connectivity index (χ0n) is 8.46. The molecule has 0 amide bonds. The highest BCUT2D eigenvalue weighted by atomic mass is 32.1. The Hall–Kier alpha value is -0.830. The smallest absolute Gasteiger partial charge is 0.336 e. The molecule has 0 saturated carbocycles. The molecule has 0 bridgehead atoms. The van der Waals surface area contributed by atoms with E-state index < -0.39 is 5.97 Å². The van der Waals surface area contributed by atoms with Crippen LogP contribution in [-0.4, -0.2) is 11.1 Å². The van der Waals surface area contributed by atoms with Gasteiger partial charge < -0.3 is 5.11 Å². The fourth-order valence-corrected chi connectivity index (χ4v) is 3.54. The lowest BCUT2D eigenvalue weighted by molar-refractivity contribution is 0.0694. The second kappa shape index (κ2) is 3.09. The molecule has 0 aliphatic heterocycles. The summed E-state index contributed by atoms with van der Waals surface area (Å²) < 4.78 is 0. The molecular formula is C11H14O2S. The van der Waals surface area contributed by atoms with Crippen molar-refractivity contribution in [2.24, 2.45) is 0 Å². The number of hydrogen-bond acceptors (Lipinski definition) is 2. The third-order valence-corrected chi connectivity index (χ3v) is 4.03. The van der Waals surface area contributed by atoms with Gasteiger partial charge in [0.15, 0.2) is 0 Å². The molecule has 0 saturated heterocycles. The molecule has 0 atom stereocenters. The minimum Gasteiger partial charge on any atom is -0.478 e. The average molecular weight is 210 g/mol. The van der Waals surface area contributed by atoms with Gasteiger partial charge in [-0.1, -0.05) is 13.8 Å². The molecule has 1 N–H and O–H groups in total. The first-order chi connectivity index (χ1) is 6.52. The topological polar surface area (TPSA) is 37.3 Å². The second-order valence-corrected chi connectivity index (χ2v) is 5.45. The van der Waals surface area contributed by atoms with Gasteiger partial charge in [0.05, 0.1) is 5.56 Å². The van der Waals surface area contributed by atoms with Crippen LogP contribution in [0.25, 0.3) is 0 Å². The summed E-state index contributed by atoms with van der Waals surface area (Å²) in [5.74, 6) is -0.780. The summed E-state index contributed by atoms with van der Waals surface area (Å²) in [6, 6.07) is 0. The van der Waals surface area contributed by atoms with Crippen LogP contribution in [0, 0.1) is 0 Å². The highest BCUT2D eigenvalue weighted by Crippen LogP contribution is 2.41. The van der Waals surface area contributed by atoms with Gasteiger partial charge in [-0.3, -0.25) is 0 Å². The summed E-state index contributed by atoms with van der Waals surface area (Å²) in [6.45, 7) is 4.29. The molecule has 0 aromatic carbocycles. The van der Waals surface area contributed by atoms with Crippen LogP contribution in [0.3, 0.4) is 0 Å². The summed E-state index contributed by atoms with van der Waals surface area (Å²) >= 11 is 1.60. The molecule has 0 radical (unpaired) electrons. The number of carboxylic acids is 1. The first kappa shape index (κ1) is 9.71. The van der Waals surface area contributed by atoms with E-state index in [1.807, 2.05) is 0 Å². The number of carboxylic acid groups (broad SMARTS) is 1. The van der Waals surface area contributed by atoms with Crippen LogP contribution in [0.2, 0.25) is 0 Å². The largest absolute Gasteiger partial charge is 0.478 e. The SMILES string of the molecule is CC1(C)CCCc2scc(C(=O)O)c21. The zero-order chi connectivity index (χ0) is 10.3. The van der Waals surface area contributed by atoms with E-state index in [9.17, 15) is 4.79 Å². The summed E-state index contributed by atoms with van der Waals surface area (Å²) in [5, 5.41) is 10.9. The second-order valence-electron chi connectivity index (χ2n) is 4.49. The van der Waals surface area contributed by atoms with Crippen LogP contribution < -0.4 is 0 Å². The highest BCUT2D eigenvalue weighted by Gasteiger charge is 2.33. The van der Waals surface area contributed by atoms with Crippen molar-refractivity contribution < 1.29 is 9.90 Å². The Labute approximate surface area is 87.6 Å². The van der Waals surface area contributed by atoms with Gasteiger partial charge in [-0.05, 0) is 30.2 Å². The van der Waals surface area contributed by atoms with Crippen molar-refractivity contribution in [2.45, 2.75) is 38.5 Å². The van der Waals surface area contributed by atoms with E-state index in [1.54, 1.807) is 16.7 Å². The molecule has 0 unspecified atom stereocenters. The maximum absolute atomic E-state index is 11.0. The Kier molecular flexibility index (Phi) is 2.14. The monoisotopic (exact) mass is 210 g/mol. The van der Waals surface area contributed by atoms with Crippen LogP contribution in [0.1, 0.15) is 47.5 Å². The van der Waals surface area contributed by atoms with Gasteiger partial charge in [-0.25, -0.2) is 4.79 Å². The lowest BCUT2D eigenvalue weighted by atomic mass is 9.74. The van der Waals surface area contributed by atoms with E-state index >= 15 is 0 Å². The Bertz CT molecular complexity index is 377. The van der Waals surface area contributed by atoms with Crippen molar-refractivity contribution in [3.63, 3.8) is 0 Å². The predicted octanol–water partition coefficient (Wildman–Crippen LogP) is 3.06. The molecule has 1 heterocycles. The molecule has 1 aliphatic rings. The minimum atomic E-state index is -0.780. The minimum absolute atomic E-state index is 0.0430. The van der Waals surface area contributed by atoms with Gasteiger partial charge in [0.25, 0.3) is 0 Å². The predicted molar refractivity (Wildman–Crippen MR) is 57.2 cm³/mol. The molecule has 2 nitrogen and oxygen atoms in total. The Morgan fingerprint density at radius 2 is 2.29 bits per heavy atom. The van der Waals surface area contributed by atoms with Crippen molar-refractivity contribution in [3.8, 4) is 0 Å². The first-order valence-corrected chi connectivity index (χ1v) is 5.74. The van der Waals surface area contributed by atoms with E-state index in [1.165, 1.54) is 11.3 Å². The molecule has 2 rings (SSSR count). The highest BCUT2D eigenvalue weighted by molar-refractivity contribution is 7.10. The fourth-order valence-electron chi connectivity index (χ4n) is 2.30. The van der Waals surface area contributed by atoms with Crippen LogP contribution in [0.4, 0.5) is 0 Å². The Balaban J connectivity index is 2.58. The molecule has 1 aromatic heterocycles. The first-order valence-electron chi connectivity index (χ1n) is 4.86. The number of hydrogen-bond donors (Lipinski definition) is 1. The molecular weight excluding hydrogens is 196 g/mol. The molecule has 1 aliphatic carbocycles. The van der Waals surface area contributed by atoms with E-state index in [2.05, 4.69) is 13.8 Å². The molecule has 76 valence electrons. The van der Waals surface area contributed by atoms with Crippen molar-refractivity contribution in [2.75, 3.05) is 0 Å². The quantitative estimate of drug-likeness (QED) is 0.773. The van der Waals surface area contributed by atoms with Crippen LogP contribution in [-0.2, 0) is 11.8 Å². The third-order valence-electron chi connectivity index (χ3n) is 2.98. The van der Waals surface area contributed by atoms with Gasteiger partial charge in [0.2, 0.25) is 0 Å². The summed E-state index contributed by atoms with van der Waals surface area (Å²) in [4.78, 5) is 12.3. The fraction of sp³-hybridized carbons (Fsp3) is 0.545. The summed E-state index contributed by atoms with van der Waals surface area (Å²) in [6.07, 6.45) is 3.33. The lowest BCUT2D eigenvalue weighted by Gasteiger charge is -2.30. The van der Waals surface area contributed by atoms with Crippen molar-refractivity contribution in [1.82, 2.24) is 0 Å². The van der Waals surface area contributed by atoms with Crippen LogP contribution in [0.5, 0.6) is 0 Å². The lowest BCUT2D eigenvalue weighted by Crippen LogP contribution is -2.24. The number of carbonyl (C=O) groups is 1. The number of aryl methyl sites for hydroxylation is 1. The number of rotatable bonds is 1. The van der Waals surface area contributed by atoms with Crippen molar-refractivity contribution in [1.29, 1.82) is 0 Å². The van der Waals surface area contributed by atoms with Gasteiger partial charge in [-0.2, -0.15) is 0 Å². The maximum atomic E-state index is 11.0. The molecule has 0 fully saturated rings. The number of thiophene rings is 1. The van der Waals surface area contributed by atoms with Crippen LogP contribution in [0.15, 0.2) is 5.38 Å². The molecule has 3 heteroatoms. The van der Waals surface area contributed by atoms with E-state index in [-0.39, 0.29) is 5.41 Å². The normalized spacial score (nSPS) is 19.0. The Morgan fingerprint density at radius 1 is 1.57 bits per heavy atom. The van der Waals surface area contributed by atoms with Crippen LogP contribution >= 0.6 is 11.3 Å². The van der Waals surface area contributed by atoms with E-state index in [0.717, 1.165) is 18.4 Å². The standard InChI is InChI=1S/C11H14O2S/c1-11(2)5-3-4-8-9(11)7(6-14-8)10(12)13/h6H,3-5H2,1-2H3,(H,12,13).